The fraction of sp³-hybridized carbons (Fsp3) is 0.120. The van der Waals surface area contributed by atoms with Crippen LogP contribution in [0.1, 0.15) is 5.56 Å². The van der Waals surface area contributed by atoms with E-state index in [0.717, 1.165) is 17.0 Å². The summed E-state index contributed by atoms with van der Waals surface area (Å²) in [7, 11) is 3.20. The molecule has 0 saturated heterocycles. The molecule has 1 amide bonds. The van der Waals surface area contributed by atoms with Crippen LogP contribution < -0.4 is 14.9 Å². The highest BCUT2D eigenvalue weighted by Crippen LogP contribution is 2.30. The van der Waals surface area contributed by atoms with Crippen molar-refractivity contribution in [3.63, 3.8) is 0 Å². The number of aromatic nitrogens is 3. The van der Waals surface area contributed by atoms with E-state index in [1.54, 1.807) is 20.3 Å². The van der Waals surface area contributed by atoms with E-state index in [2.05, 4.69) is 20.7 Å². The number of aromatic hydroxyl groups is 2. The van der Waals surface area contributed by atoms with Crippen molar-refractivity contribution in [2.45, 2.75) is 5.16 Å². The molecule has 10 nitrogen and oxygen atoms in total. The molecule has 3 aromatic carbocycles. The van der Waals surface area contributed by atoms with Crippen molar-refractivity contribution in [1.29, 1.82) is 0 Å². The summed E-state index contributed by atoms with van der Waals surface area (Å²) in [5, 5.41) is 32.0. The Bertz CT molecular complexity index is 1370. The number of phenols is 2. The van der Waals surface area contributed by atoms with Crippen molar-refractivity contribution in [2.75, 3.05) is 20.0 Å². The van der Waals surface area contributed by atoms with Gasteiger partial charge in [-0.05, 0) is 72.3 Å². The molecule has 0 aliphatic heterocycles. The van der Waals surface area contributed by atoms with E-state index in [1.165, 1.54) is 30.1 Å². The molecule has 3 N–H and O–H groups in total. The molecule has 184 valence electrons. The predicted molar refractivity (Wildman–Crippen MR) is 136 cm³/mol. The van der Waals surface area contributed by atoms with E-state index in [1.807, 2.05) is 53.1 Å². The molecule has 1 heterocycles. The molecule has 0 radical (unpaired) electrons. The number of phenolic OH excluding ortho intramolecular Hbond substituents is 2. The lowest BCUT2D eigenvalue weighted by Crippen LogP contribution is -2.20. The van der Waals surface area contributed by atoms with Gasteiger partial charge in [-0.2, -0.15) is 5.10 Å². The first kappa shape index (κ1) is 24.6. The largest absolute Gasteiger partial charge is 0.504 e. The van der Waals surface area contributed by atoms with E-state index in [4.69, 9.17) is 9.47 Å². The molecule has 0 aliphatic rings. The number of nitrogens with zero attached hydrogens (tertiary/aromatic N) is 4. The topological polar surface area (TPSA) is 131 Å². The van der Waals surface area contributed by atoms with Gasteiger partial charge in [0.25, 0.3) is 5.91 Å². The summed E-state index contributed by atoms with van der Waals surface area (Å²) in [5.74, 6) is 1.23. The van der Waals surface area contributed by atoms with Gasteiger partial charge in [0, 0.05) is 11.3 Å². The number of amides is 1. The molecule has 1 aromatic heterocycles. The molecular weight excluding hydrogens is 482 g/mol. The molecule has 0 saturated carbocycles. The SMILES string of the molecule is COc1ccc(-c2nnc(SCC(=O)N/N=C\c3ccc(O)c(O)c3)n2-c2ccc(OC)cc2)cc1. The number of methoxy groups -OCH3 is 2. The second-order valence-electron chi connectivity index (χ2n) is 7.40. The number of hydrogen-bond donors (Lipinski definition) is 3. The van der Waals surface area contributed by atoms with Crippen LogP contribution in [0.5, 0.6) is 23.0 Å². The van der Waals surface area contributed by atoms with Crippen molar-refractivity contribution in [2.24, 2.45) is 5.10 Å². The zero-order valence-corrected chi connectivity index (χ0v) is 20.3. The van der Waals surface area contributed by atoms with Crippen LogP contribution in [-0.4, -0.2) is 57.1 Å². The summed E-state index contributed by atoms with van der Waals surface area (Å²) in [6.45, 7) is 0. The molecule has 0 fully saturated rings. The Balaban J connectivity index is 1.52. The number of carbonyl (C=O) groups excluding carboxylic acids is 1. The summed E-state index contributed by atoms with van der Waals surface area (Å²) in [5.41, 5.74) is 4.59. The molecule has 0 bridgehead atoms. The maximum absolute atomic E-state index is 12.4. The highest BCUT2D eigenvalue weighted by Gasteiger charge is 2.17. The summed E-state index contributed by atoms with van der Waals surface area (Å²) < 4.78 is 12.4. The first-order chi connectivity index (χ1) is 17.5. The molecule has 4 rings (SSSR count). The van der Waals surface area contributed by atoms with Crippen LogP contribution in [0.2, 0.25) is 0 Å². The van der Waals surface area contributed by atoms with Crippen LogP contribution in [0, 0.1) is 0 Å². The maximum atomic E-state index is 12.4. The van der Waals surface area contributed by atoms with Crippen LogP contribution in [0.15, 0.2) is 77.0 Å². The highest BCUT2D eigenvalue weighted by atomic mass is 32.2. The molecule has 4 aromatic rings. The summed E-state index contributed by atoms with van der Waals surface area (Å²) in [4.78, 5) is 12.4. The Morgan fingerprint density at radius 1 is 0.972 bits per heavy atom. The predicted octanol–water partition coefficient (Wildman–Crippen LogP) is 3.61. The van der Waals surface area contributed by atoms with E-state index in [9.17, 15) is 15.0 Å². The van der Waals surface area contributed by atoms with Crippen molar-refractivity contribution in [3.05, 3.63) is 72.3 Å². The molecule has 0 unspecified atom stereocenters. The van der Waals surface area contributed by atoms with E-state index >= 15 is 0 Å². The molecule has 0 aliphatic carbocycles. The third-order valence-electron chi connectivity index (χ3n) is 5.05. The average Bonchev–Trinajstić information content (AvgIpc) is 3.33. The minimum Gasteiger partial charge on any atom is -0.504 e. The summed E-state index contributed by atoms with van der Waals surface area (Å²) in [6, 6.07) is 19.1. The average molecular weight is 506 g/mol. The molecule has 0 spiro atoms. The standard InChI is InChI=1S/C25H23N5O5S/c1-34-19-8-4-17(5-9-19)24-28-29-25(30(24)18-6-10-20(35-2)11-7-18)36-15-23(33)27-26-14-16-3-12-21(31)22(32)13-16/h3-14,31-32H,15H2,1-2H3,(H,27,33)/b26-14-. The first-order valence-electron chi connectivity index (χ1n) is 10.7. The lowest BCUT2D eigenvalue weighted by atomic mass is 10.2. The minimum absolute atomic E-state index is 0.0368. The Morgan fingerprint density at radius 2 is 1.64 bits per heavy atom. The number of rotatable bonds is 9. The molecule has 36 heavy (non-hydrogen) atoms. The van der Waals surface area contributed by atoms with Crippen LogP contribution in [-0.2, 0) is 4.79 Å². The quantitative estimate of drug-likeness (QED) is 0.136. The van der Waals surface area contributed by atoms with Gasteiger partial charge in [0.2, 0.25) is 0 Å². The number of carbonyl (C=O) groups is 1. The Labute approximate surface area is 211 Å². The second kappa shape index (κ2) is 11.3. The second-order valence-corrected chi connectivity index (χ2v) is 8.34. The zero-order valence-electron chi connectivity index (χ0n) is 19.5. The van der Waals surface area contributed by atoms with Crippen molar-refractivity contribution in [1.82, 2.24) is 20.2 Å². The van der Waals surface area contributed by atoms with Gasteiger partial charge in [-0.25, -0.2) is 5.43 Å². The summed E-state index contributed by atoms with van der Waals surface area (Å²) in [6.07, 6.45) is 1.36. The van der Waals surface area contributed by atoms with Crippen LogP contribution in [0.4, 0.5) is 0 Å². The van der Waals surface area contributed by atoms with Crippen molar-refractivity contribution < 1.29 is 24.5 Å². The number of benzene rings is 3. The number of nitrogens with one attached hydrogen (secondary N) is 1. The number of ether oxygens (including phenoxy) is 2. The zero-order chi connectivity index (χ0) is 25.5. The van der Waals surface area contributed by atoms with Crippen LogP contribution in [0.25, 0.3) is 17.1 Å². The molecule has 11 heteroatoms. The number of thioether (sulfide) groups is 1. The van der Waals surface area contributed by atoms with Gasteiger partial charge >= 0.3 is 0 Å². The third kappa shape index (κ3) is 5.76. The highest BCUT2D eigenvalue weighted by molar-refractivity contribution is 7.99. The third-order valence-corrected chi connectivity index (χ3v) is 5.98. The Kier molecular flexibility index (Phi) is 7.71. The first-order valence-corrected chi connectivity index (χ1v) is 11.7. The lowest BCUT2D eigenvalue weighted by molar-refractivity contribution is -0.118. The Morgan fingerprint density at radius 3 is 2.28 bits per heavy atom. The van der Waals surface area contributed by atoms with E-state index < -0.39 is 0 Å². The van der Waals surface area contributed by atoms with Crippen LogP contribution in [0.3, 0.4) is 0 Å². The van der Waals surface area contributed by atoms with Crippen LogP contribution >= 0.6 is 11.8 Å². The lowest BCUT2D eigenvalue weighted by Gasteiger charge is -2.11. The number of hydrogen-bond acceptors (Lipinski definition) is 9. The van der Waals surface area contributed by atoms with Gasteiger partial charge < -0.3 is 19.7 Å². The fourth-order valence-corrected chi connectivity index (χ4v) is 3.96. The van der Waals surface area contributed by atoms with Crippen molar-refractivity contribution >= 4 is 23.9 Å². The van der Waals surface area contributed by atoms with Gasteiger partial charge in [-0.1, -0.05) is 11.8 Å². The fourth-order valence-electron chi connectivity index (χ4n) is 3.22. The smallest absolute Gasteiger partial charge is 0.250 e. The van der Waals surface area contributed by atoms with E-state index in [-0.39, 0.29) is 23.2 Å². The molecular formula is C25H23N5O5S. The van der Waals surface area contributed by atoms with Crippen molar-refractivity contribution in [3.8, 4) is 40.1 Å². The van der Waals surface area contributed by atoms with Gasteiger partial charge in [0.15, 0.2) is 22.5 Å². The molecule has 0 atom stereocenters. The Hall–Kier alpha value is -4.51. The van der Waals surface area contributed by atoms with Gasteiger partial charge in [0.05, 0.1) is 26.2 Å². The van der Waals surface area contributed by atoms with Gasteiger partial charge in [-0.15, -0.1) is 10.2 Å². The normalized spacial score (nSPS) is 10.9. The van der Waals surface area contributed by atoms with Gasteiger partial charge in [0.1, 0.15) is 11.5 Å². The van der Waals surface area contributed by atoms with Gasteiger partial charge in [-0.3, -0.25) is 9.36 Å². The maximum Gasteiger partial charge on any atom is 0.250 e. The monoisotopic (exact) mass is 505 g/mol. The minimum atomic E-state index is -0.352. The van der Waals surface area contributed by atoms with E-state index in [0.29, 0.717) is 22.3 Å². The number of hydrazone groups is 1. The summed E-state index contributed by atoms with van der Waals surface area (Å²) >= 11 is 1.21.